The summed E-state index contributed by atoms with van der Waals surface area (Å²) in [5.41, 5.74) is 1.12. The van der Waals surface area contributed by atoms with Gasteiger partial charge in [0.1, 0.15) is 6.61 Å². The topological polar surface area (TPSA) is 59.3 Å². The third-order valence-corrected chi connectivity index (χ3v) is 2.67. The molecule has 0 spiro atoms. The van der Waals surface area contributed by atoms with Crippen molar-refractivity contribution in [3.8, 4) is 6.07 Å². The fourth-order valence-electron chi connectivity index (χ4n) is 1.65. The average Bonchev–Trinajstić information content (AvgIpc) is 2.89. The van der Waals surface area contributed by atoms with Crippen molar-refractivity contribution in [2.45, 2.75) is 12.5 Å². The molecule has 17 heavy (non-hydrogen) atoms. The summed E-state index contributed by atoms with van der Waals surface area (Å²) in [6.07, 6.45) is 0.887. The number of nitriles is 1. The van der Waals surface area contributed by atoms with Crippen LogP contribution < -0.4 is 0 Å². The third-order valence-electron chi connectivity index (χ3n) is 2.67. The number of nitrogens with zero attached hydrogens (tertiary/aromatic N) is 1. The van der Waals surface area contributed by atoms with Gasteiger partial charge >= 0.3 is 0 Å². The Hall–Kier alpha value is -1.70. The van der Waals surface area contributed by atoms with Gasteiger partial charge in [-0.25, -0.2) is 0 Å². The van der Waals surface area contributed by atoms with E-state index in [4.69, 9.17) is 14.7 Å². The van der Waals surface area contributed by atoms with E-state index in [0.29, 0.717) is 24.3 Å². The van der Waals surface area contributed by atoms with E-state index in [9.17, 15) is 4.79 Å². The monoisotopic (exact) mass is 231 g/mol. The summed E-state index contributed by atoms with van der Waals surface area (Å²) < 4.78 is 10.6. The molecule has 0 aromatic heterocycles. The van der Waals surface area contributed by atoms with Crippen LogP contribution in [0.2, 0.25) is 0 Å². The molecular weight excluding hydrogens is 218 g/mol. The minimum Gasteiger partial charge on any atom is -0.379 e. The Balaban J connectivity index is 1.88. The molecule has 1 aromatic rings. The minimum absolute atomic E-state index is 0.0392. The van der Waals surface area contributed by atoms with Crippen LogP contribution in [-0.2, 0) is 9.47 Å². The van der Waals surface area contributed by atoms with Crippen LogP contribution >= 0.6 is 0 Å². The molecule has 0 N–H and O–H groups in total. The molecule has 1 atom stereocenters. The third kappa shape index (κ3) is 3.13. The Morgan fingerprint density at radius 1 is 1.47 bits per heavy atom. The maximum Gasteiger partial charge on any atom is 0.188 e. The van der Waals surface area contributed by atoms with Gasteiger partial charge < -0.3 is 9.47 Å². The zero-order valence-electron chi connectivity index (χ0n) is 9.39. The summed E-state index contributed by atoms with van der Waals surface area (Å²) in [5.74, 6) is -0.0682. The van der Waals surface area contributed by atoms with Gasteiger partial charge in [-0.05, 0) is 18.6 Å². The summed E-state index contributed by atoms with van der Waals surface area (Å²) in [6, 6.07) is 8.57. The van der Waals surface area contributed by atoms with Crippen LogP contribution in [0.3, 0.4) is 0 Å². The molecule has 1 saturated heterocycles. The molecule has 4 nitrogen and oxygen atoms in total. The Bertz CT molecular complexity index is 427. The van der Waals surface area contributed by atoms with Crippen molar-refractivity contribution < 1.29 is 14.3 Å². The molecule has 4 heteroatoms. The van der Waals surface area contributed by atoms with Crippen LogP contribution in [0.5, 0.6) is 0 Å². The van der Waals surface area contributed by atoms with Crippen molar-refractivity contribution in [2.75, 3.05) is 19.8 Å². The normalized spacial score (nSPS) is 18.9. The second kappa shape index (κ2) is 5.58. The molecule has 0 aliphatic carbocycles. The number of ether oxygens (including phenoxy) is 2. The molecule has 1 aliphatic heterocycles. The Labute approximate surface area is 99.8 Å². The molecule has 1 aliphatic rings. The highest BCUT2D eigenvalue weighted by molar-refractivity contribution is 5.97. The Morgan fingerprint density at radius 3 is 2.82 bits per heavy atom. The summed E-state index contributed by atoms with van der Waals surface area (Å²) in [7, 11) is 0. The molecule has 2 rings (SSSR count). The van der Waals surface area contributed by atoms with E-state index >= 15 is 0 Å². The lowest BCUT2D eigenvalue weighted by atomic mass is 10.1. The maximum atomic E-state index is 11.8. The van der Waals surface area contributed by atoms with E-state index < -0.39 is 0 Å². The number of rotatable bonds is 4. The van der Waals surface area contributed by atoms with Gasteiger partial charge in [-0.1, -0.05) is 12.1 Å². The number of hydrogen-bond donors (Lipinski definition) is 0. The molecule has 0 saturated carbocycles. The van der Waals surface area contributed by atoms with Crippen molar-refractivity contribution in [1.29, 1.82) is 5.26 Å². The molecule has 1 heterocycles. The van der Waals surface area contributed by atoms with Crippen LogP contribution in [0.1, 0.15) is 22.3 Å². The zero-order chi connectivity index (χ0) is 12.1. The molecule has 1 fully saturated rings. The molecule has 0 radical (unpaired) electrons. The Morgan fingerprint density at radius 2 is 2.24 bits per heavy atom. The second-order valence-corrected chi connectivity index (χ2v) is 3.91. The van der Waals surface area contributed by atoms with Gasteiger partial charge in [-0.2, -0.15) is 5.26 Å². The SMILES string of the molecule is N#Cc1ccc(C(=O)COC2CCOC2)cc1. The largest absolute Gasteiger partial charge is 0.379 e. The van der Waals surface area contributed by atoms with Gasteiger partial charge in [0, 0.05) is 12.2 Å². The summed E-state index contributed by atoms with van der Waals surface area (Å²) in [5, 5.41) is 8.64. The maximum absolute atomic E-state index is 11.8. The summed E-state index contributed by atoms with van der Waals surface area (Å²) in [6.45, 7) is 1.34. The molecule has 88 valence electrons. The standard InChI is InChI=1S/C13H13NO3/c14-7-10-1-3-11(4-2-10)13(15)9-17-12-5-6-16-8-12/h1-4,12H,5-6,8-9H2. The van der Waals surface area contributed by atoms with Crippen molar-refractivity contribution >= 4 is 5.78 Å². The molecule has 1 aromatic carbocycles. The minimum atomic E-state index is -0.0682. The Kier molecular flexibility index (Phi) is 3.86. The number of ketones is 1. The van der Waals surface area contributed by atoms with Crippen molar-refractivity contribution in [1.82, 2.24) is 0 Å². The number of Topliss-reactive ketones (excluding diaryl/α,β-unsaturated/α-hetero) is 1. The van der Waals surface area contributed by atoms with Crippen LogP contribution in [0.4, 0.5) is 0 Å². The molecular formula is C13H13NO3. The van der Waals surface area contributed by atoms with E-state index in [1.54, 1.807) is 24.3 Å². The molecule has 0 bridgehead atoms. The van der Waals surface area contributed by atoms with Gasteiger partial charge in [0.15, 0.2) is 5.78 Å². The highest BCUT2D eigenvalue weighted by atomic mass is 16.5. The van der Waals surface area contributed by atoms with Crippen LogP contribution in [0.25, 0.3) is 0 Å². The number of hydrogen-bond acceptors (Lipinski definition) is 4. The predicted octanol–water partition coefficient (Wildman–Crippen LogP) is 1.55. The highest BCUT2D eigenvalue weighted by Gasteiger charge is 2.17. The molecule has 0 amide bonds. The van der Waals surface area contributed by atoms with E-state index in [-0.39, 0.29) is 18.5 Å². The van der Waals surface area contributed by atoms with Crippen molar-refractivity contribution in [2.24, 2.45) is 0 Å². The number of carbonyl (C=O) groups excluding carboxylic acids is 1. The van der Waals surface area contributed by atoms with Gasteiger partial charge in [0.25, 0.3) is 0 Å². The van der Waals surface area contributed by atoms with Crippen molar-refractivity contribution in [3.05, 3.63) is 35.4 Å². The molecule has 1 unspecified atom stereocenters. The van der Waals surface area contributed by atoms with E-state index in [0.717, 1.165) is 6.42 Å². The second-order valence-electron chi connectivity index (χ2n) is 3.91. The zero-order valence-corrected chi connectivity index (χ0v) is 9.39. The summed E-state index contributed by atoms with van der Waals surface area (Å²) >= 11 is 0. The lowest BCUT2D eigenvalue weighted by Gasteiger charge is -2.08. The first-order valence-corrected chi connectivity index (χ1v) is 5.52. The van der Waals surface area contributed by atoms with Crippen LogP contribution in [0.15, 0.2) is 24.3 Å². The average molecular weight is 231 g/mol. The first-order valence-electron chi connectivity index (χ1n) is 5.52. The quantitative estimate of drug-likeness (QED) is 0.737. The summed E-state index contributed by atoms with van der Waals surface area (Å²) in [4.78, 5) is 11.8. The highest BCUT2D eigenvalue weighted by Crippen LogP contribution is 2.10. The predicted molar refractivity (Wildman–Crippen MR) is 60.7 cm³/mol. The van der Waals surface area contributed by atoms with Gasteiger partial charge in [-0.3, -0.25) is 4.79 Å². The van der Waals surface area contributed by atoms with E-state index in [1.807, 2.05) is 6.07 Å². The van der Waals surface area contributed by atoms with Crippen LogP contribution in [0, 0.1) is 11.3 Å². The van der Waals surface area contributed by atoms with Crippen LogP contribution in [-0.4, -0.2) is 31.7 Å². The van der Waals surface area contributed by atoms with E-state index in [1.165, 1.54) is 0 Å². The smallest absolute Gasteiger partial charge is 0.188 e. The number of carbonyl (C=O) groups is 1. The fraction of sp³-hybridized carbons (Fsp3) is 0.385. The number of benzene rings is 1. The first-order chi connectivity index (χ1) is 8.29. The van der Waals surface area contributed by atoms with E-state index in [2.05, 4.69) is 0 Å². The lowest BCUT2D eigenvalue weighted by Crippen LogP contribution is -2.18. The first kappa shape index (κ1) is 11.8. The van der Waals surface area contributed by atoms with Crippen molar-refractivity contribution in [3.63, 3.8) is 0 Å². The van der Waals surface area contributed by atoms with Gasteiger partial charge in [0.2, 0.25) is 0 Å². The lowest BCUT2D eigenvalue weighted by molar-refractivity contribution is 0.0390. The van der Waals surface area contributed by atoms with Gasteiger partial charge in [-0.15, -0.1) is 0 Å². The van der Waals surface area contributed by atoms with Gasteiger partial charge in [0.05, 0.1) is 24.3 Å². The fourth-order valence-corrected chi connectivity index (χ4v) is 1.65.